The molecule has 0 amide bonds. The van der Waals surface area contributed by atoms with Crippen LogP contribution in [-0.2, 0) is 4.74 Å². The average molecular weight is 346 g/mol. The fraction of sp³-hybridized carbons (Fsp3) is 0.462. The number of rotatable bonds is 5. The van der Waals surface area contributed by atoms with E-state index in [4.69, 9.17) is 4.74 Å². The molecule has 0 bridgehead atoms. The van der Waals surface area contributed by atoms with Crippen molar-refractivity contribution in [1.29, 1.82) is 0 Å². The number of tetrazole rings is 1. The molecule has 1 aliphatic heterocycles. The van der Waals surface area contributed by atoms with Gasteiger partial charge in [-0.25, -0.2) is 0 Å². The molecular weight excluding hydrogens is 333 g/mol. The van der Waals surface area contributed by atoms with Crippen LogP contribution in [0.1, 0.15) is 12.8 Å². The maximum Gasteiger partial charge on any atom is 0.573 e. The standard InChI is InChI=1S/C13H13F3N4O2S/c14-13(15,16)22-10-5-3-9(4-6-10)20-12(17-18-19-20)23-8-11-2-1-7-21-11/h3-6,11H,1-2,7-8H2. The van der Waals surface area contributed by atoms with Crippen LogP contribution < -0.4 is 4.74 Å². The van der Waals surface area contributed by atoms with Gasteiger partial charge >= 0.3 is 6.36 Å². The summed E-state index contributed by atoms with van der Waals surface area (Å²) in [6.45, 7) is 0.775. The molecule has 1 fully saturated rings. The van der Waals surface area contributed by atoms with Crippen LogP contribution >= 0.6 is 11.8 Å². The van der Waals surface area contributed by atoms with Gasteiger partial charge in [-0.15, -0.1) is 18.3 Å². The molecule has 1 aromatic carbocycles. The lowest BCUT2D eigenvalue weighted by Crippen LogP contribution is -2.17. The smallest absolute Gasteiger partial charge is 0.406 e. The summed E-state index contributed by atoms with van der Waals surface area (Å²) in [5.74, 6) is 0.443. The molecular formula is C13H13F3N4O2S. The fourth-order valence-corrected chi connectivity index (χ4v) is 3.12. The van der Waals surface area contributed by atoms with Crippen molar-refractivity contribution < 1.29 is 22.6 Å². The molecule has 2 heterocycles. The largest absolute Gasteiger partial charge is 0.573 e. The average Bonchev–Trinajstić information content (AvgIpc) is 3.15. The second kappa shape index (κ2) is 6.75. The third-order valence-electron chi connectivity index (χ3n) is 3.18. The molecule has 10 heteroatoms. The molecule has 6 nitrogen and oxygen atoms in total. The summed E-state index contributed by atoms with van der Waals surface area (Å²) in [5.41, 5.74) is 0.555. The van der Waals surface area contributed by atoms with Crippen LogP contribution in [0.15, 0.2) is 29.4 Å². The first kappa shape index (κ1) is 16.1. The Bertz CT molecular complexity index is 641. The van der Waals surface area contributed by atoms with Crippen LogP contribution in [0.25, 0.3) is 5.69 Å². The van der Waals surface area contributed by atoms with Gasteiger partial charge in [0.1, 0.15) is 5.75 Å². The van der Waals surface area contributed by atoms with Crippen molar-refractivity contribution in [3.05, 3.63) is 24.3 Å². The predicted molar refractivity (Wildman–Crippen MR) is 75.5 cm³/mol. The minimum atomic E-state index is -4.71. The number of thioether (sulfide) groups is 1. The van der Waals surface area contributed by atoms with E-state index < -0.39 is 6.36 Å². The van der Waals surface area contributed by atoms with Gasteiger partial charge in [0.25, 0.3) is 0 Å². The van der Waals surface area contributed by atoms with Crippen molar-refractivity contribution in [2.75, 3.05) is 12.4 Å². The lowest BCUT2D eigenvalue weighted by molar-refractivity contribution is -0.274. The topological polar surface area (TPSA) is 62.1 Å². The molecule has 0 N–H and O–H groups in total. The van der Waals surface area contributed by atoms with Gasteiger partial charge in [0, 0.05) is 12.4 Å². The van der Waals surface area contributed by atoms with Crippen molar-refractivity contribution in [3.8, 4) is 11.4 Å². The third kappa shape index (κ3) is 4.35. The van der Waals surface area contributed by atoms with Gasteiger partial charge in [0.15, 0.2) is 0 Å². The van der Waals surface area contributed by atoms with Crippen molar-refractivity contribution >= 4 is 11.8 Å². The minimum absolute atomic E-state index is 0.188. The normalized spacial score (nSPS) is 18.3. The number of aromatic nitrogens is 4. The zero-order chi connectivity index (χ0) is 16.3. The van der Waals surface area contributed by atoms with Crippen LogP contribution in [0.5, 0.6) is 5.75 Å². The Morgan fingerprint density at radius 2 is 2.09 bits per heavy atom. The van der Waals surface area contributed by atoms with E-state index in [1.807, 2.05) is 0 Å². The maximum atomic E-state index is 12.2. The molecule has 1 saturated heterocycles. The second-order valence-electron chi connectivity index (χ2n) is 4.86. The van der Waals surface area contributed by atoms with E-state index in [-0.39, 0.29) is 11.9 Å². The van der Waals surface area contributed by atoms with Crippen LogP contribution in [0, 0.1) is 0 Å². The molecule has 0 spiro atoms. The molecule has 3 rings (SSSR count). The highest BCUT2D eigenvalue weighted by Gasteiger charge is 2.31. The Kier molecular flexibility index (Phi) is 4.71. The van der Waals surface area contributed by atoms with Gasteiger partial charge in [-0.1, -0.05) is 11.8 Å². The van der Waals surface area contributed by atoms with E-state index in [9.17, 15) is 13.2 Å². The lowest BCUT2D eigenvalue weighted by Gasteiger charge is -2.10. The summed E-state index contributed by atoms with van der Waals surface area (Å²) in [6.07, 6.45) is -2.46. The predicted octanol–water partition coefficient (Wildman–Crippen LogP) is 2.83. The van der Waals surface area contributed by atoms with Gasteiger partial charge in [-0.3, -0.25) is 0 Å². The summed E-state index contributed by atoms with van der Waals surface area (Å²) in [6, 6.07) is 5.37. The van der Waals surface area contributed by atoms with Crippen molar-refractivity contribution in [2.45, 2.75) is 30.5 Å². The van der Waals surface area contributed by atoms with Gasteiger partial charge in [0.2, 0.25) is 5.16 Å². The van der Waals surface area contributed by atoms with Crippen molar-refractivity contribution in [3.63, 3.8) is 0 Å². The summed E-state index contributed by atoms with van der Waals surface area (Å²) < 4.78 is 47.3. The summed E-state index contributed by atoms with van der Waals surface area (Å²) in [7, 11) is 0. The zero-order valence-electron chi connectivity index (χ0n) is 11.9. The number of hydrogen-bond donors (Lipinski definition) is 0. The lowest BCUT2D eigenvalue weighted by atomic mass is 10.3. The molecule has 124 valence electrons. The number of nitrogens with zero attached hydrogens (tertiary/aromatic N) is 4. The second-order valence-corrected chi connectivity index (χ2v) is 5.85. The Labute approximate surface area is 134 Å². The van der Waals surface area contributed by atoms with E-state index >= 15 is 0 Å². The maximum absolute atomic E-state index is 12.2. The first-order valence-corrected chi connectivity index (χ1v) is 7.89. The van der Waals surface area contributed by atoms with E-state index in [0.717, 1.165) is 25.2 Å². The van der Waals surface area contributed by atoms with E-state index in [1.54, 1.807) is 0 Å². The molecule has 1 unspecified atom stereocenters. The summed E-state index contributed by atoms with van der Waals surface area (Å²) in [5, 5.41) is 12.0. The Balaban J connectivity index is 1.68. The first-order valence-electron chi connectivity index (χ1n) is 6.90. The number of halogens is 3. The van der Waals surface area contributed by atoms with Crippen LogP contribution in [-0.4, -0.2) is 45.0 Å². The molecule has 0 aliphatic carbocycles. The number of ether oxygens (including phenoxy) is 2. The molecule has 1 atom stereocenters. The molecule has 1 aliphatic rings. The zero-order valence-corrected chi connectivity index (χ0v) is 12.7. The molecule has 2 aromatic rings. The Morgan fingerprint density at radius 1 is 1.30 bits per heavy atom. The Morgan fingerprint density at radius 3 is 2.74 bits per heavy atom. The first-order chi connectivity index (χ1) is 11.0. The third-order valence-corrected chi connectivity index (χ3v) is 4.23. The highest BCUT2D eigenvalue weighted by Crippen LogP contribution is 2.26. The molecule has 23 heavy (non-hydrogen) atoms. The van der Waals surface area contributed by atoms with Crippen LogP contribution in [0.3, 0.4) is 0 Å². The SMILES string of the molecule is FC(F)(F)Oc1ccc(-n2nnnc2SCC2CCCO2)cc1. The summed E-state index contributed by atoms with van der Waals surface area (Å²) in [4.78, 5) is 0. The number of alkyl halides is 3. The van der Waals surface area contributed by atoms with E-state index in [0.29, 0.717) is 10.8 Å². The molecule has 1 aromatic heterocycles. The van der Waals surface area contributed by atoms with Crippen molar-refractivity contribution in [1.82, 2.24) is 20.2 Å². The fourth-order valence-electron chi connectivity index (χ4n) is 2.16. The van der Waals surface area contributed by atoms with Gasteiger partial charge in [-0.05, 0) is 47.5 Å². The van der Waals surface area contributed by atoms with E-state index in [2.05, 4.69) is 20.3 Å². The highest BCUT2D eigenvalue weighted by atomic mass is 32.2. The number of hydrogen-bond acceptors (Lipinski definition) is 6. The number of benzene rings is 1. The van der Waals surface area contributed by atoms with E-state index in [1.165, 1.54) is 40.7 Å². The van der Waals surface area contributed by atoms with Crippen molar-refractivity contribution in [2.24, 2.45) is 0 Å². The highest BCUT2D eigenvalue weighted by molar-refractivity contribution is 7.99. The van der Waals surface area contributed by atoms with Crippen LogP contribution in [0.4, 0.5) is 13.2 Å². The van der Waals surface area contributed by atoms with Gasteiger partial charge in [0.05, 0.1) is 11.8 Å². The minimum Gasteiger partial charge on any atom is -0.406 e. The Hall–Kier alpha value is -1.81. The molecule has 0 radical (unpaired) electrons. The molecule has 0 saturated carbocycles. The monoisotopic (exact) mass is 346 g/mol. The quantitative estimate of drug-likeness (QED) is 0.776. The summed E-state index contributed by atoms with van der Waals surface area (Å²) >= 11 is 1.45. The van der Waals surface area contributed by atoms with Gasteiger partial charge in [-0.2, -0.15) is 4.68 Å². The van der Waals surface area contributed by atoms with Gasteiger partial charge < -0.3 is 9.47 Å². The van der Waals surface area contributed by atoms with Crippen LogP contribution in [0.2, 0.25) is 0 Å².